The Kier molecular flexibility index (Phi) is 6.17. The maximum atomic E-state index is 12.2. The number of ether oxygens (including phenoxy) is 1. The van der Waals surface area contributed by atoms with Gasteiger partial charge in [-0.3, -0.25) is 10.1 Å². The fourth-order valence-corrected chi connectivity index (χ4v) is 2.04. The molecule has 21 heavy (non-hydrogen) atoms. The van der Waals surface area contributed by atoms with Gasteiger partial charge < -0.3 is 10.1 Å². The molecule has 0 saturated carbocycles. The Labute approximate surface area is 140 Å². The van der Waals surface area contributed by atoms with Crippen molar-refractivity contribution >= 4 is 40.7 Å². The molecule has 0 bridgehead atoms. The van der Waals surface area contributed by atoms with Crippen molar-refractivity contribution in [3.8, 4) is 5.75 Å². The summed E-state index contributed by atoms with van der Waals surface area (Å²) in [6, 6.07) is 6.71. The average Bonchev–Trinajstić information content (AvgIpc) is 2.35. The molecule has 0 unspecified atom stereocenters. The van der Waals surface area contributed by atoms with Crippen LogP contribution in [0.15, 0.2) is 24.3 Å². The van der Waals surface area contributed by atoms with Gasteiger partial charge in [-0.15, -0.1) is 0 Å². The molecule has 0 spiro atoms. The van der Waals surface area contributed by atoms with E-state index in [-0.39, 0.29) is 11.4 Å². The molecule has 0 fully saturated rings. The van der Waals surface area contributed by atoms with Gasteiger partial charge in [0.1, 0.15) is 5.75 Å². The number of carbonyl (C=O) groups is 1. The van der Waals surface area contributed by atoms with E-state index in [1.807, 2.05) is 20.8 Å². The smallest absolute Gasteiger partial charge is 0.262 e. The lowest BCUT2D eigenvalue weighted by molar-refractivity contribution is -0.749. The Hall–Kier alpha value is -0.680. The Morgan fingerprint density at radius 3 is 2.10 bits per heavy atom. The SMILES string of the molecule is COc1ccc(C(=O)N[C@H]([NH2+]C(C)(C)C)C(Cl)(Cl)Cl)cc1. The number of benzene rings is 1. The molecule has 0 aliphatic rings. The summed E-state index contributed by atoms with van der Waals surface area (Å²) in [5.41, 5.74) is 0.263. The number of alkyl halides is 3. The number of amides is 1. The zero-order valence-electron chi connectivity index (χ0n) is 12.4. The van der Waals surface area contributed by atoms with Crippen LogP contribution in [0.3, 0.4) is 0 Å². The van der Waals surface area contributed by atoms with Crippen LogP contribution in [-0.4, -0.2) is 28.5 Å². The number of rotatable bonds is 4. The molecule has 0 radical (unpaired) electrons. The molecule has 0 aliphatic carbocycles. The third-order valence-electron chi connectivity index (χ3n) is 2.66. The van der Waals surface area contributed by atoms with Crippen molar-refractivity contribution in [1.29, 1.82) is 0 Å². The van der Waals surface area contributed by atoms with Crippen LogP contribution in [0.2, 0.25) is 0 Å². The maximum Gasteiger partial charge on any atom is 0.262 e. The van der Waals surface area contributed by atoms with Crippen LogP contribution in [0.5, 0.6) is 5.75 Å². The molecule has 4 nitrogen and oxygen atoms in total. The molecule has 1 atom stereocenters. The predicted octanol–water partition coefficient (Wildman–Crippen LogP) is 2.48. The summed E-state index contributed by atoms with van der Waals surface area (Å²) < 4.78 is 3.43. The highest BCUT2D eigenvalue weighted by molar-refractivity contribution is 6.68. The van der Waals surface area contributed by atoms with Crippen molar-refractivity contribution in [3.63, 3.8) is 0 Å². The fourth-order valence-electron chi connectivity index (χ4n) is 1.68. The van der Waals surface area contributed by atoms with Crippen molar-refractivity contribution in [2.45, 2.75) is 36.3 Å². The lowest BCUT2D eigenvalue weighted by Gasteiger charge is -2.29. The van der Waals surface area contributed by atoms with E-state index < -0.39 is 9.96 Å². The lowest BCUT2D eigenvalue weighted by atomic mass is 10.1. The summed E-state index contributed by atoms with van der Waals surface area (Å²) in [7, 11) is 1.56. The van der Waals surface area contributed by atoms with Gasteiger partial charge in [-0.1, -0.05) is 34.8 Å². The highest BCUT2D eigenvalue weighted by Crippen LogP contribution is 2.28. The number of nitrogens with two attached hydrogens (primary N) is 1. The van der Waals surface area contributed by atoms with E-state index in [0.717, 1.165) is 0 Å². The van der Waals surface area contributed by atoms with Crippen LogP contribution in [0.4, 0.5) is 0 Å². The second kappa shape index (κ2) is 7.05. The fraction of sp³-hybridized carbons (Fsp3) is 0.500. The molecule has 118 valence electrons. The van der Waals surface area contributed by atoms with E-state index in [1.54, 1.807) is 36.7 Å². The standard InChI is InChI=1S/C14H19Cl3N2O2/c1-13(2,3)19-12(14(15,16)17)18-11(20)9-5-7-10(21-4)8-6-9/h5-8,12,19H,1-4H3,(H,18,20)/p+1/t12-/m1/s1. The van der Waals surface area contributed by atoms with Crippen molar-refractivity contribution < 1.29 is 14.8 Å². The van der Waals surface area contributed by atoms with Crippen molar-refractivity contribution in [3.05, 3.63) is 29.8 Å². The average molecular weight is 355 g/mol. The number of nitrogens with one attached hydrogen (secondary N) is 1. The van der Waals surface area contributed by atoms with E-state index in [9.17, 15) is 4.79 Å². The van der Waals surface area contributed by atoms with Crippen LogP contribution in [0.1, 0.15) is 31.1 Å². The van der Waals surface area contributed by atoms with Gasteiger partial charge in [-0.2, -0.15) is 0 Å². The first-order valence-electron chi connectivity index (χ1n) is 6.40. The first-order valence-corrected chi connectivity index (χ1v) is 7.54. The van der Waals surface area contributed by atoms with E-state index in [1.165, 1.54) is 0 Å². The summed E-state index contributed by atoms with van der Waals surface area (Å²) in [5.74, 6) is 0.361. The minimum absolute atomic E-state index is 0.207. The first kappa shape index (κ1) is 18.4. The Morgan fingerprint density at radius 1 is 1.19 bits per heavy atom. The molecule has 7 heteroatoms. The number of quaternary nitrogens is 1. The molecule has 0 saturated heterocycles. The number of hydrogen-bond donors (Lipinski definition) is 2. The number of hydrogen-bond acceptors (Lipinski definition) is 2. The minimum Gasteiger partial charge on any atom is -0.497 e. The van der Waals surface area contributed by atoms with Crippen LogP contribution >= 0.6 is 34.8 Å². The molecule has 0 aromatic heterocycles. The predicted molar refractivity (Wildman–Crippen MR) is 86.2 cm³/mol. The van der Waals surface area contributed by atoms with Crippen LogP contribution < -0.4 is 15.4 Å². The number of carbonyl (C=O) groups excluding carboxylic acids is 1. The molecule has 1 aromatic carbocycles. The van der Waals surface area contributed by atoms with E-state index in [2.05, 4.69) is 5.32 Å². The monoisotopic (exact) mass is 353 g/mol. The molecule has 0 aliphatic heterocycles. The van der Waals surface area contributed by atoms with Gasteiger partial charge in [-0.25, -0.2) is 0 Å². The van der Waals surface area contributed by atoms with Gasteiger partial charge in [-0.05, 0) is 45.0 Å². The van der Waals surface area contributed by atoms with E-state index >= 15 is 0 Å². The van der Waals surface area contributed by atoms with Crippen LogP contribution in [0, 0.1) is 0 Å². The Morgan fingerprint density at radius 2 is 1.71 bits per heavy atom. The van der Waals surface area contributed by atoms with Crippen molar-refractivity contribution in [1.82, 2.24) is 5.32 Å². The summed E-state index contributed by atoms with van der Waals surface area (Å²) in [6.07, 6.45) is -0.697. The summed E-state index contributed by atoms with van der Waals surface area (Å²) >= 11 is 17.8. The summed E-state index contributed by atoms with van der Waals surface area (Å²) in [6.45, 7) is 5.90. The van der Waals surface area contributed by atoms with Gasteiger partial charge in [0.15, 0.2) is 0 Å². The second-order valence-corrected chi connectivity index (χ2v) is 8.12. The third-order valence-corrected chi connectivity index (χ3v) is 3.36. The molecule has 1 rings (SSSR count). The van der Waals surface area contributed by atoms with Gasteiger partial charge in [0.05, 0.1) is 12.6 Å². The minimum atomic E-state index is -1.62. The van der Waals surface area contributed by atoms with E-state index in [4.69, 9.17) is 39.5 Å². The topological polar surface area (TPSA) is 54.9 Å². The Balaban J connectivity index is 2.84. The van der Waals surface area contributed by atoms with Gasteiger partial charge in [0.2, 0.25) is 6.17 Å². The lowest BCUT2D eigenvalue weighted by Crippen LogP contribution is -3.03. The van der Waals surface area contributed by atoms with Crippen LogP contribution in [-0.2, 0) is 0 Å². The molecule has 0 heterocycles. The second-order valence-electron chi connectivity index (χ2n) is 5.75. The number of halogens is 3. The summed E-state index contributed by atoms with van der Waals surface area (Å²) in [4.78, 5) is 12.2. The molecule has 3 N–H and O–H groups in total. The largest absolute Gasteiger partial charge is 0.497 e. The highest BCUT2D eigenvalue weighted by Gasteiger charge is 2.40. The zero-order chi connectivity index (χ0) is 16.3. The molecular weight excluding hydrogens is 335 g/mol. The van der Waals surface area contributed by atoms with Gasteiger partial charge >= 0.3 is 0 Å². The molecule has 1 aromatic rings. The summed E-state index contributed by atoms with van der Waals surface area (Å²) in [5, 5.41) is 4.54. The highest BCUT2D eigenvalue weighted by atomic mass is 35.6. The zero-order valence-corrected chi connectivity index (χ0v) is 14.7. The Bertz CT molecular complexity index is 478. The molecule has 1 amide bonds. The number of methoxy groups -OCH3 is 1. The molecular formula is C14H20Cl3N2O2+. The van der Waals surface area contributed by atoms with E-state index in [0.29, 0.717) is 11.3 Å². The third kappa shape index (κ3) is 6.30. The first-order chi connectivity index (χ1) is 9.53. The van der Waals surface area contributed by atoms with Gasteiger partial charge in [0, 0.05) is 5.56 Å². The van der Waals surface area contributed by atoms with Crippen molar-refractivity contribution in [2.75, 3.05) is 7.11 Å². The van der Waals surface area contributed by atoms with Gasteiger partial charge in [0.25, 0.3) is 9.70 Å². The quantitative estimate of drug-likeness (QED) is 0.645. The van der Waals surface area contributed by atoms with Crippen LogP contribution in [0.25, 0.3) is 0 Å². The normalized spacial score (nSPS) is 13.7. The maximum absolute atomic E-state index is 12.2. The van der Waals surface area contributed by atoms with Crippen molar-refractivity contribution in [2.24, 2.45) is 0 Å².